The highest BCUT2D eigenvalue weighted by Gasteiger charge is 2.24. The maximum Gasteiger partial charge on any atom is 0.246 e. The third-order valence-electron chi connectivity index (χ3n) is 2.43. The monoisotopic (exact) mass is 301 g/mol. The average Bonchev–Trinajstić information content (AvgIpc) is 2.75. The largest absolute Gasteiger partial charge is 0.263 e. The lowest BCUT2D eigenvalue weighted by Crippen LogP contribution is -2.27. The van der Waals surface area contributed by atoms with Crippen LogP contribution in [0.4, 0.5) is 0 Å². The SMILES string of the molecule is Cc1nc(CN(C)S(=O)(=O)c2cnccc2Cl)n[nH]1. The van der Waals surface area contributed by atoms with E-state index in [9.17, 15) is 8.42 Å². The van der Waals surface area contributed by atoms with Gasteiger partial charge in [-0.1, -0.05) is 11.6 Å². The molecule has 7 nitrogen and oxygen atoms in total. The molecule has 0 amide bonds. The minimum Gasteiger partial charge on any atom is -0.263 e. The van der Waals surface area contributed by atoms with E-state index < -0.39 is 10.0 Å². The first kappa shape index (κ1) is 13.9. The number of nitrogens with zero attached hydrogens (tertiary/aromatic N) is 4. The van der Waals surface area contributed by atoms with E-state index in [0.717, 1.165) is 4.31 Å². The van der Waals surface area contributed by atoms with Crippen molar-refractivity contribution in [2.75, 3.05) is 7.05 Å². The number of sulfonamides is 1. The molecule has 0 aliphatic heterocycles. The molecule has 102 valence electrons. The molecule has 0 saturated carbocycles. The maximum atomic E-state index is 12.3. The molecular formula is C10H12ClN5O2S. The third kappa shape index (κ3) is 2.91. The molecule has 2 aromatic rings. The van der Waals surface area contributed by atoms with Gasteiger partial charge in [0.15, 0.2) is 5.82 Å². The van der Waals surface area contributed by atoms with E-state index in [0.29, 0.717) is 11.6 Å². The number of aryl methyl sites for hydroxylation is 1. The molecule has 2 rings (SSSR count). The summed E-state index contributed by atoms with van der Waals surface area (Å²) in [6.45, 7) is 1.79. The summed E-state index contributed by atoms with van der Waals surface area (Å²) in [6, 6.07) is 1.43. The molecule has 0 radical (unpaired) electrons. The topological polar surface area (TPSA) is 91.8 Å². The van der Waals surface area contributed by atoms with E-state index in [4.69, 9.17) is 11.6 Å². The Bertz CT molecular complexity index is 685. The highest BCUT2D eigenvalue weighted by Crippen LogP contribution is 2.22. The van der Waals surface area contributed by atoms with Gasteiger partial charge in [-0.05, 0) is 13.0 Å². The fourth-order valence-corrected chi connectivity index (χ4v) is 2.99. The van der Waals surface area contributed by atoms with Gasteiger partial charge in [-0.15, -0.1) is 0 Å². The van der Waals surface area contributed by atoms with Crippen LogP contribution in [0.15, 0.2) is 23.4 Å². The molecule has 2 aromatic heterocycles. The van der Waals surface area contributed by atoms with Crippen molar-refractivity contribution in [2.45, 2.75) is 18.4 Å². The number of hydrogen-bond acceptors (Lipinski definition) is 5. The van der Waals surface area contributed by atoms with E-state index in [2.05, 4.69) is 20.2 Å². The third-order valence-corrected chi connectivity index (χ3v) is 4.70. The van der Waals surface area contributed by atoms with Crippen LogP contribution in [0.5, 0.6) is 0 Å². The summed E-state index contributed by atoms with van der Waals surface area (Å²) in [5.41, 5.74) is 0. The average molecular weight is 302 g/mol. The Morgan fingerprint density at radius 3 is 2.79 bits per heavy atom. The van der Waals surface area contributed by atoms with Gasteiger partial charge in [-0.2, -0.15) is 9.40 Å². The second kappa shape index (κ2) is 5.24. The van der Waals surface area contributed by atoms with Gasteiger partial charge in [-0.25, -0.2) is 13.4 Å². The molecule has 2 heterocycles. The van der Waals surface area contributed by atoms with Crippen LogP contribution in [0.3, 0.4) is 0 Å². The Morgan fingerprint density at radius 2 is 2.21 bits per heavy atom. The van der Waals surface area contributed by atoms with Crippen LogP contribution in [0, 0.1) is 6.92 Å². The van der Waals surface area contributed by atoms with Crippen molar-refractivity contribution in [3.63, 3.8) is 0 Å². The zero-order chi connectivity index (χ0) is 14.0. The van der Waals surface area contributed by atoms with Crippen molar-refractivity contribution in [2.24, 2.45) is 0 Å². The first-order chi connectivity index (χ1) is 8.91. The quantitative estimate of drug-likeness (QED) is 0.909. The Kier molecular flexibility index (Phi) is 3.83. The van der Waals surface area contributed by atoms with Crippen LogP contribution in [0.1, 0.15) is 11.6 Å². The fourth-order valence-electron chi connectivity index (χ4n) is 1.46. The van der Waals surface area contributed by atoms with E-state index in [-0.39, 0.29) is 16.5 Å². The Morgan fingerprint density at radius 1 is 1.47 bits per heavy atom. The molecule has 0 aliphatic rings. The van der Waals surface area contributed by atoms with Crippen molar-refractivity contribution >= 4 is 21.6 Å². The van der Waals surface area contributed by atoms with E-state index >= 15 is 0 Å². The normalized spacial score (nSPS) is 12.0. The van der Waals surface area contributed by atoms with Gasteiger partial charge in [0.25, 0.3) is 0 Å². The van der Waals surface area contributed by atoms with Crippen molar-refractivity contribution in [1.82, 2.24) is 24.5 Å². The fraction of sp³-hybridized carbons (Fsp3) is 0.300. The smallest absolute Gasteiger partial charge is 0.246 e. The summed E-state index contributed by atoms with van der Waals surface area (Å²) in [5.74, 6) is 1.02. The van der Waals surface area contributed by atoms with Crippen LogP contribution >= 0.6 is 11.6 Å². The first-order valence-corrected chi connectivity index (χ1v) is 7.17. The first-order valence-electron chi connectivity index (χ1n) is 5.35. The number of aromatic nitrogens is 4. The molecule has 0 bridgehead atoms. The second-order valence-corrected chi connectivity index (χ2v) is 6.32. The lowest BCUT2D eigenvalue weighted by molar-refractivity contribution is 0.457. The lowest BCUT2D eigenvalue weighted by atomic mass is 10.5. The Balaban J connectivity index is 2.27. The molecule has 0 aromatic carbocycles. The zero-order valence-corrected chi connectivity index (χ0v) is 11.9. The standard InChI is InChI=1S/C10H12ClN5O2S/c1-7-13-10(15-14-7)6-16(2)19(17,18)9-5-12-4-3-8(9)11/h3-5H,6H2,1-2H3,(H,13,14,15). The highest BCUT2D eigenvalue weighted by molar-refractivity contribution is 7.89. The molecule has 0 unspecified atom stereocenters. The van der Waals surface area contributed by atoms with E-state index in [1.807, 2.05) is 0 Å². The molecule has 0 saturated heterocycles. The zero-order valence-electron chi connectivity index (χ0n) is 10.3. The minimum absolute atomic E-state index is 0.0357. The van der Waals surface area contributed by atoms with Gasteiger partial charge in [0, 0.05) is 19.4 Å². The number of H-pyrrole nitrogens is 1. The Hall–Kier alpha value is -1.51. The van der Waals surface area contributed by atoms with Crippen LogP contribution in [-0.2, 0) is 16.6 Å². The number of hydrogen-bond donors (Lipinski definition) is 1. The van der Waals surface area contributed by atoms with Gasteiger partial charge in [0.2, 0.25) is 10.0 Å². The van der Waals surface area contributed by atoms with Gasteiger partial charge in [0.1, 0.15) is 10.7 Å². The molecule has 1 N–H and O–H groups in total. The summed E-state index contributed by atoms with van der Waals surface area (Å²) in [7, 11) is -2.28. The number of nitrogens with one attached hydrogen (secondary N) is 1. The number of aromatic amines is 1. The Labute approximate surface area is 115 Å². The van der Waals surface area contributed by atoms with E-state index in [1.165, 1.54) is 25.5 Å². The van der Waals surface area contributed by atoms with Crippen molar-refractivity contribution in [3.05, 3.63) is 35.1 Å². The highest BCUT2D eigenvalue weighted by atomic mass is 35.5. The van der Waals surface area contributed by atoms with Gasteiger partial charge >= 0.3 is 0 Å². The van der Waals surface area contributed by atoms with Crippen molar-refractivity contribution in [3.8, 4) is 0 Å². The van der Waals surface area contributed by atoms with Crippen molar-refractivity contribution < 1.29 is 8.42 Å². The number of halogens is 1. The van der Waals surface area contributed by atoms with Crippen LogP contribution in [-0.4, -0.2) is 39.9 Å². The van der Waals surface area contributed by atoms with Crippen LogP contribution in [0.2, 0.25) is 5.02 Å². The minimum atomic E-state index is -3.71. The maximum absolute atomic E-state index is 12.3. The predicted molar refractivity (Wildman–Crippen MR) is 69.0 cm³/mol. The number of rotatable bonds is 4. The number of pyridine rings is 1. The molecule has 0 aliphatic carbocycles. The molecular weight excluding hydrogens is 290 g/mol. The molecule has 0 spiro atoms. The lowest BCUT2D eigenvalue weighted by Gasteiger charge is -2.15. The van der Waals surface area contributed by atoms with Crippen molar-refractivity contribution in [1.29, 1.82) is 0 Å². The molecule has 0 atom stereocenters. The van der Waals surface area contributed by atoms with E-state index in [1.54, 1.807) is 6.92 Å². The van der Waals surface area contributed by atoms with Crippen LogP contribution < -0.4 is 0 Å². The molecule has 19 heavy (non-hydrogen) atoms. The summed E-state index contributed by atoms with van der Waals surface area (Å²) in [5, 5.41) is 6.68. The summed E-state index contributed by atoms with van der Waals surface area (Å²) in [4.78, 5) is 7.80. The van der Waals surface area contributed by atoms with Gasteiger partial charge in [-0.3, -0.25) is 10.1 Å². The summed E-state index contributed by atoms with van der Waals surface area (Å²) in [6.07, 6.45) is 2.65. The van der Waals surface area contributed by atoms with Gasteiger partial charge < -0.3 is 0 Å². The second-order valence-electron chi connectivity index (χ2n) is 3.90. The molecule has 0 fully saturated rings. The summed E-state index contributed by atoms with van der Waals surface area (Å²) < 4.78 is 25.7. The molecule has 9 heteroatoms. The van der Waals surface area contributed by atoms with Gasteiger partial charge in [0.05, 0.1) is 11.6 Å². The predicted octanol–water partition coefficient (Wildman–Crippen LogP) is 0.982. The summed E-state index contributed by atoms with van der Waals surface area (Å²) >= 11 is 5.88. The van der Waals surface area contributed by atoms with Crippen LogP contribution in [0.25, 0.3) is 0 Å².